The van der Waals surface area contributed by atoms with Crippen LogP contribution in [0.4, 0.5) is 0 Å². The zero-order valence-electron chi connectivity index (χ0n) is 23.1. The summed E-state index contributed by atoms with van der Waals surface area (Å²) >= 11 is 0. The molecule has 42 heavy (non-hydrogen) atoms. The number of fused-ring (bicyclic) bond motifs is 2. The molecule has 218 valence electrons. The minimum atomic E-state index is -1.26. The molecule has 2 amide bonds. The third-order valence-electron chi connectivity index (χ3n) is 8.67. The Kier molecular flexibility index (Phi) is 7.38. The van der Waals surface area contributed by atoms with Crippen molar-refractivity contribution in [2.24, 2.45) is 11.8 Å². The lowest BCUT2D eigenvalue weighted by atomic mass is 9.70. The molecule has 3 fully saturated rings. The van der Waals surface area contributed by atoms with Gasteiger partial charge in [0.05, 0.1) is 36.1 Å². The molecule has 3 aromatic rings. The molecule has 11 heteroatoms. The third-order valence-corrected chi connectivity index (χ3v) is 8.67. The first-order valence-electron chi connectivity index (χ1n) is 14.1. The molecule has 0 aliphatic carbocycles. The van der Waals surface area contributed by atoms with Crippen LogP contribution >= 0.6 is 0 Å². The lowest BCUT2D eigenvalue weighted by molar-refractivity contribution is -0.156. The SMILES string of the molecule is C=CCOC(=O)[C@@H]1[C@@H]2CCC3(O2)C(C(=O)N(CC=C)Cn2nnc4ccccc42)N([C@H](CO)c2ccccc2)C(=O)[C@H]13. The maximum Gasteiger partial charge on any atom is 0.312 e. The fourth-order valence-electron chi connectivity index (χ4n) is 6.97. The molecule has 3 aliphatic heterocycles. The number of hydrogen-bond acceptors (Lipinski definition) is 8. The molecule has 1 aromatic heterocycles. The molecule has 6 atom stereocenters. The highest BCUT2D eigenvalue weighted by Crippen LogP contribution is 2.60. The summed E-state index contributed by atoms with van der Waals surface area (Å²) in [6.07, 6.45) is 3.43. The van der Waals surface area contributed by atoms with Gasteiger partial charge in [-0.15, -0.1) is 11.7 Å². The van der Waals surface area contributed by atoms with E-state index in [2.05, 4.69) is 23.5 Å². The van der Waals surface area contributed by atoms with E-state index in [0.29, 0.717) is 23.9 Å². The van der Waals surface area contributed by atoms with Gasteiger partial charge in [0, 0.05) is 6.54 Å². The van der Waals surface area contributed by atoms with E-state index in [9.17, 15) is 19.5 Å². The molecule has 2 aromatic carbocycles. The predicted octanol–water partition coefficient (Wildman–Crippen LogP) is 2.24. The van der Waals surface area contributed by atoms with Crippen LogP contribution in [0, 0.1) is 11.8 Å². The summed E-state index contributed by atoms with van der Waals surface area (Å²) in [4.78, 5) is 45.4. The standard InChI is InChI=1S/C31H33N5O6/c1-3-16-34(19-35-22-13-9-8-12-21(22)32-33-35)29(39)27-31-15-14-24(42-31)25(30(40)41-17-4-2)26(31)28(38)36(27)23(18-37)20-10-6-5-7-11-20/h3-13,23-27,37H,1-2,14-19H2/t23-,24+,25-,26+,27?,31?/m1/s1. The van der Waals surface area contributed by atoms with Crippen molar-refractivity contribution in [3.63, 3.8) is 0 Å². The van der Waals surface area contributed by atoms with E-state index in [0.717, 1.165) is 5.52 Å². The summed E-state index contributed by atoms with van der Waals surface area (Å²) in [5, 5.41) is 19.1. The van der Waals surface area contributed by atoms with Gasteiger partial charge in [0.2, 0.25) is 11.8 Å². The van der Waals surface area contributed by atoms with Gasteiger partial charge in [-0.25, -0.2) is 4.68 Å². The number of aliphatic hydroxyl groups is 1. The molecule has 0 radical (unpaired) electrons. The number of aromatic nitrogens is 3. The number of hydrogen-bond donors (Lipinski definition) is 1. The number of aliphatic hydroxyl groups excluding tert-OH is 1. The monoisotopic (exact) mass is 571 g/mol. The quantitative estimate of drug-likeness (QED) is 0.274. The second kappa shape index (κ2) is 11.1. The van der Waals surface area contributed by atoms with Gasteiger partial charge in [-0.1, -0.05) is 66.4 Å². The Balaban J connectivity index is 1.43. The van der Waals surface area contributed by atoms with E-state index in [1.807, 2.05) is 42.5 Å². The Morgan fingerprint density at radius 2 is 1.93 bits per heavy atom. The highest BCUT2D eigenvalue weighted by Gasteiger charge is 2.75. The fourth-order valence-corrected chi connectivity index (χ4v) is 6.97. The first-order valence-corrected chi connectivity index (χ1v) is 14.1. The highest BCUT2D eigenvalue weighted by molar-refractivity contribution is 5.98. The molecule has 1 spiro atoms. The van der Waals surface area contributed by atoms with Crippen LogP contribution in [-0.4, -0.2) is 85.2 Å². The summed E-state index contributed by atoms with van der Waals surface area (Å²) in [6, 6.07) is 14.6. The number of para-hydroxylation sites is 1. The number of carbonyl (C=O) groups is 3. The van der Waals surface area contributed by atoms with Crippen LogP contribution in [-0.2, 0) is 30.5 Å². The molecule has 3 aliphatic rings. The Hall–Kier alpha value is -4.35. The first-order chi connectivity index (χ1) is 20.4. The van der Waals surface area contributed by atoms with Crippen LogP contribution < -0.4 is 0 Å². The van der Waals surface area contributed by atoms with E-state index in [-0.39, 0.29) is 25.7 Å². The van der Waals surface area contributed by atoms with Crippen molar-refractivity contribution < 1.29 is 29.0 Å². The average Bonchev–Trinajstić information content (AvgIpc) is 3.76. The number of carbonyl (C=O) groups excluding carboxylic acids is 3. The lowest BCUT2D eigenvalue weighted by Crippen LogP contribution is -2.57. The second-order valence-corrected chi connectivity index (χ2v) is 10.9. The number of benzene rings is 2. The third kappa shape index (κ3) is 4.31. The van der Waals surface area contributed by atoms with Crippen LogP contribution in [0.3, 0.4) is 0 Å². The summed E-state index contributed by atoms with van der Waals surface area (Å²) in [7, 11) is 0. The minimum Gasteiger partial charge on any atom is -0.461 e. The second-order valence-electron chi connectivity index (χ2n) is 10.9. The number of likely N-dealkylation sites (tertiary alicyclic amines) is 1. The van der Waals surface area contributed by atoms with Crippen LogP contribution in [0.1, 0.15) is 24.4 Å². The normalized spacial score (nSPS) is 26.7. The van der Waals surface area contributed by atoms with Gasteiger partial charge in [0.15, 0.2) is 0 Å². The van der Waals surface area contributed by atoms with Crippen molar-refractivity contribution in [1.29, 1.82) is 0 Å². The summed E-state index contributed by atoms with van der Waals surface area (Å²) < 4.78 is 13.5. The maximum absolute atomic E-state index is 14.7. The summed E-state index contributed by atoms with van der Waals surface area (Å²) in [5.74, 6) is -3.15. The summed E-state index contributed by atoms with van der Waals surface area (Å²) in [5.41, 5.74) is 0.835. The minimum absolute atomic E-state index is 0.00426. The molecule has 2 unspecified atom stereocenters. The fraction of sp³-hybridized carbons (Fsp3) is 0.387. The van der Waals surface area contributed by atoms with Crippen molar-refractivity contribution in [2.75, 3.05) is 19.8 Å². The molecule has 2 bridgehead atoms. The highest BCUT2D eigenvalue weighted by atomic mass is 16.6. The Morgan fingerprint density at radius 3 is 2.67 bits per heavy atom. The molecule has 11 nitrogen and oxygen atoms in total. The first kappa shape index (κ1) is 27.8. The van der Waals surface area contributed by atoms with Crippen molar-refractivity contribution in [3.8, 4) is 0 Å². The van der Waals surface area contributed by atoms with E-state index in [1.54, 1.807) is 27.8 Å². The largest absolute Gasteiger partial charge is 0.461 e. The van der Waals surface area contributed by atoms with Crippen LogP contribution in [0.2, 0.25) is 0 Å². The van der Waals surface area contributed by atoms with Crippen molar-refractivity contribution in [3.05, 3.63) is 85.5 Å². The molecule has 1 N–H and O–H groups in total. The Bertz CT molecular complexity index is 1520. The van der Waals surface area contributed by atoms with Crippen molar-refractivity contribution >= 4 is 28.8 Å². The average molecular weight is 572 g/mol. The predicted molar refractivity (Wildman–Crippen MR) is 151 cm³/mol. The Morgan fingerprint density at radius 1 is 1.17 bits per heavy atom. The zero-order chi connectivity index (χ0) is 29.4. The van der Waals surface area contributed by atoms with Gasteiger partial charge < -0.3 is 24.4 Å². The zero-order valence-corrected chi connectivity index (χ0v) is 23.1. The molecule has 6 rings (SSSR count). The van der Waals surface area contributed by atoms with E-state index >= 15 is 0 Å². The van der Waals surface area contributed by atoms with E-state index in [1.165, 1.54) is 11.0 Å². The van der Waals surface area contributed by atoms with Crippen molar-refractivity contribution in [1.82, 2.24) is 24.8 Å². The Labute approximate surface area is 243 Å². The number of rotatable bonds is 11. The molecule has 0 saturated carbocycles. The number of nitrogens with zero attached hydrogens (tertiary/aromatic N) is 5. The number of amides is 2. The van der Waals surface area contributed by atoms with Gasteiger partial charge >= 0.3 is 5.97 Å². The topological polar surface area (TPSA) is 127 Å². The van der Waals surface area contributed by atoms with Gasteiger partial charge in [0.1, 0.15) is 30.4 Å². The van der Waals surface area contributed by atoms with E-state index in [4.69, 9.17) is 9.47 Å². The van der Waals surface area contributed by atoms with Gasteiger partial charge in [0.25, 0.3) is 0 Å². The maximum atomic E-state index is 14.7. The molecular formula is C31H33N5O6. The molecule has 3 saturated heterocycles. The molecular weight excluding hydrogens is 538 g/mol. The van der Waals surface area contributed by atoms with Gasteiger partial charge in [-0.3, -0.25) is 14.4 Å². The summed E-state index contributed by atoms with van der Waals surface area (Å²) in [6.45, 7) is 7.25. The lowest BCUT2D eigenvalue weighted by Gasteiger charge is -2.39. The van der Waals surface area contributed by atoms with Crippen molar-refractivity contribution in [2.45, 2.75) is 43.3 Å². The molecule has 4 heterocycles. The number of ether oxygens (including phenoxy) is 2. The van der Waals surface area contributed by atoms with E-state index < -0.39 is 54.1 Å². The van der Waals surface area contributed by atoms with Crippen LogP contribution in [0.25, 0.3) is 11.0 Å². The number of esters is 1. The van der Waals surface area contributed by atoms with Crippen LogP contribution in [0.15, 0.2) is 79.9 Å². The van der Waals surface area contributed by atoms with Crippen LogP contribution in [0.5, 0.6) is 0 Å². The van der Waals surface area contributed by atoms with Gasteiger partial charge in [-0.2, -0.15) is 0 Å². The smallest absolute Gasteiger partial charge is 0.312 e. The van der Waals surface area contributed by atoms with Gasteiger partial charge in [-0.05, 0) is 30.5 Å².